The van der Waals surface area contributed by atoms with Gasteiger partial charge in [0.1, 0.15) is 0 Å². The molecular formula is C20H18NP. The third kappa shape index (κ3) is 2.23. The van der Waals surface area contributed by atoms with E-state index in [1.807, 2.05) is 0 Å². The molecule has 0 saturated heterocycles. The number of aryl methyl sites for hydroxylation is 2. The lowest BCUT2D eigenvalue weighted by Crippen LogP contribution is -2.29. The molecule has 1 nitrogen and oxygen atoms in total. The summed E-state index contributed by atoms with van der Waals surface area (Å²) in [7, 11) is -0.493. The van der Waals surface area contributed by atoms with Crippen LogP contribution in [-0.2, 0) is 0 Å². The van der Waals surface area contributed by atoms with Gasteiger partial charge in [-0.05, 0) is 51.3 Å². The number of fused-ring (bicyclic) bond motifs is 2. The zero-order valence-corrected chi connectivity index (χ0v) is 13.7. The van der Waals surface area contributed by atoms with Crippen molar-refractivity contribution in [1.29, 1.82) is 0 Å². The van der Waals surface area contributed by atoms with Gasteiger partial charge in [0.2, 0.25) is 0 Å². The van der Waals surface area contributed by atoms with Crippen LogP contribution in [0.15, 0.2) is 66.7 Å². The van der Waals surface area contributed by atoms with Crippen LogP contribution in [0.5, 0.6) is 0 Å². The molecule has 0 aliphatic carbocycles. The van der Waals surface area contributed by atoms with E-state index in [9.17, 15) is 0 Å². The van der Waals surface area contributed by atoms with Gasteiger partial charge in [0.25, 0.3) is 0 Å². The smallest absolute Gasteiger partial charge is 0.0469 e. The number of rotatable bonds is 1. The van der Waals surface area contributed by atoms with Gasteiger partial charge in [0, 0.05) is 22.0 Å². The van der Waals surface area contributed by atoms with Crippen molar-refractivity contribution < 1.29 is 0 Å². The van der Waals surface area contributed by atoms with Crippen molar-refractivity contribution in [3.8, 4) is 0 Å². The van der Waals surface area contributed by atoms with Crippen LogP contribution in [0.3, 0.4) is 0 Å². The second-order valence-electron chi connectivity index (χ2n) is 5.84. The Morgan fingerprint density at radius 2 is 1.23 bits per heavy atom. The van der Waals surface area contributed by atoms with Gasteiger partial charge in [-0.1, -0.05) is 53.6 Å². The summed E-state index contributed by atoms with van der Waals surface area (Å²) in [6, 6.07) is 24.4. The topological polar surface area (TPSA) is 12.0 Å². The zero-order chi connectivity index (χ0) is 15.1. The monoisotopic (exact) mass is 303 g/mol. The third-order valence-corrected chi connectivity index (χ3v) is 6.59. The van der Waals surface area contributed by atoms with Crippen molar-refractivity contribution in [1.82, 2.24) is 0 Å². The fraction of sp³-hybridized carbons (Fsp3) is 0.100. The Labute approximate surface area is 132 Å². The summed E-state index contributed by atoms with van der Waals surface area (Å²) in [6.07, 6.45) is 0. The van der Waals surface area contributed by atoms with Gasteiger partial charge >= 0.3 is 0 Å². The van der Waals surface area contributed by atoms with Crippen molar-refractivity contribution in [3.63, 3.8) is 0 Å². The Kier molecular flexibility index (Phi) is 3.24. The summed E-state index contributed by atoms with van der Waals surface area (Å²) in [6.45, 7) is 4.34. The number of hydrogen-bond acceptors (Lipinski definition) is 1. The summed E-state index contributed by atoms with van der Waals surface area (Å²) >= 11 is 0. The Bertz CT molecular complexity index is 788. The average Bonchev–Trinajstić information content (AvgIpc) is 2.54. The molecule has 0 aromatic heterocycles. The fourth-order valence-corrected chi connectivity index (χ4v) is 5.69. The maximum absolute atomic E-state index is 3.61. The molecule has 2 heteroatoms. The second kappa shape index (κ2) is 5.26. The largest absolute Gasteiger partial charge is 0.354 e. The molecule has 0 fully saturated rings. The molecule has 1 aliphatic rings. The van der Waals surface area contributed by atoms with E-state index >= 15 is 0 Å². The van der Waals surface area contributed by atoms with Crippen LogP contribution < -0.4 is 21.2 Å². The number of anilines is 2. The predicted molar refractivity (Wildman–Crippen MR) is 97.9 cm³/mol. The molecule has 1 N–H and O–H groups in total. The van der Waals surface area contributed by atoms with E-state index in [0.717, 1.165) is 0 Å². The molecule has 0 spiro atoms. The van der Waals surface area contributed by atoms with Gasteiger partial charge in [-0.3, -0.25) is 0 Å². The molecule has 0 saturated carbocycles. The highest BCUT2D eigenvalue weighted by Crippen LogP contribution is 2.42. The zero-order valence-electron chi connectivity index (χ0n) is 12.8. The summed E-state index contributed by atoms with van der Waals surface area (Å²) in [5.74, 6) is 0. The minimum Gasteiger partial charge on any atom is -0.354 e. The minimum atomic E-state index is -0.493. The molecule has 0 atom stereocenters. The van der Waals surface area contributed by atoms with Gasteiger partial charge in [0.05, 0.1) is 0 Å². The standard InChI is InChI=1S/C20H18NP/c1-14-8-10-17-19(12-14)22(16-6-4-3-5-7-16)20-13-15(2)9-11-18(20)21-17/h3-13,21H,1-2H3. The fourth-order valence-electron chi connectivity index (χ4n) is 2.99. The van der Waals surface area contributed by atoms with Gasteiger partial charge < -0.3 is 5.32 Å². The Morgan fingerprint density at radius 1 is 0.682 bits per heavy atom. The van der Waals surface area contributed by atoms with E-state index in [-0.39, 0.29) is 0 Å². The van der Waals surface area contributed by atoms with Gasteiger partial charge in [-0.15, -0.1) is 0 Å². The lowest BCUT2D eigenvalue weighted by atomic mass is 10.2. The maximum Gasteiger partial charge on any atom is 0.0469 e. The van der Waals surface area contributed by atoms with Gasteiger partial charge in [0.15, 0.2) is 0 Å². The lowest BCUT2D eigenvalue weighted by molar-refractivity contribution is 1.45. The Balaban J connectivity index is 1.99. The minimum absolute atomic E-state index is 0.493. The molecule has 4 rings (SSSR count). The molecule has 0 bridgehead atoms. The van der Waals surface area contributed by atoms with Crippen LogP contribution in [0.25, 0.3) is 0 Å². The Hall–Kier alpha value is -2.11. The second-order valence-corrected chi connectivity index (χ2v) is 7.99. The van der Waals surface area contributed by atoms with E-state index in [0.29, 0.717) is 0 Å². The summed E-state index contributed by atoms with van der Waals surface area (Å²) in [4.78, 5) is 0. The van der Waals surface area contributed by atoms with Crippen molar-refractivity contribution >= 4 is 35.2 Å². The molecule has 3 aromatic rings. The van der Waals surface area contributed by atoms with E-state index in [2.05, 4.69) is 85.9 Å². The highest BCUT2D eigenvalue weighted by molar-refractivity contribution is 7.80. The van der Waals surface area contributed by atoms with E-state index in [1.54, 1.807) is 0 Å². The molecule has 108 valence electrons. The van der Waals surface area contributed by atoms with Crippen molar-refractivity contribution in [2.75, 3.05) is 5.32 Å². The first kappa shape index (κ1) is 13.5. The van der Waals surface area contributed by atoms with E-state index in [1.165, 1.54) is 38.4 Å². The third-order valence-electron chi connectivity index (χ3n) is 4.07. The van der Waals surface area contributed by atoms with E-state index in [4.69, 9.17) is 0 Å². The highest BCUT2D eigenvalue weighted by atomic mass is 31.1. The SMILES string of the molecule is Cc1ccc2c(c1)P(c1ccccc1)c1cc(C)ccc1N2. The molecule has 1 heterocycles. The van der Waals surface area contributed by atoms with Crippen LogP contribution in [-0.4, -0.2) is 0 Å². The number of nitrogens with one attached hydrogen (secondary N) is 1. The predicted octanol–water partition coefficient (Wildman–Crippen LogP) is 4.12. The normalized spacial score (nSPS) is 13.2. The van der Waals surface area contributed by atoms with Crippen molar-refractivity contribution in [2.45, 2.75) is 13.8 Å². The number of benzene rings is 3. The number of hydrogen-bond donors (Lipinski definition) is 1. The van der Waals surface area contributed by atoms with Gasteiger partial charge in [-0.25, -0.2) is 0 Å². The molecular weight excluding hydrogens is 285 g/mol. The molecule has 0 radical (unpaired) electrons. The van der Waals surface area contributed by atoms with E-state index < -0.39 is 7.92 Å². The Morgan fingerprint density at radius 3 is 1.77 bits per heavy atom. The molecule has 3 aromatic carbocycles. The molecule has 1 aliphatic heterocycles. The summed E-state index contributed by atoms with van der Waals surface area (Å²) in [5.41, 5.74) is 5.13. The van der Waals surface area contributed by atoms with Crippen LogP contribution >= 0.6 is 7.92 Å². The molecule has 22 heavy (non-hydrogen) atoms. The van der Waals surface area contributed by atoms with Gasteiger partial charge in [-0.2, -0.15) is 0 Å². The molecule has 0 unspecified atom stereocenters. The summed E-state index contributed by atoms with van der Waals surface area (Å²) in [5, 5.41) is 7.89. The summed E-state index contributed by atoms with van der Waals surface area (Å²) < 4.78 is 0. The van der Waals surface area contributed by atoms with Crippen LogP contribution in [0.4, 0.5) is 11.4 Å². The van der Waals surface area contributed by atoms with Crippen LogP contribution in [0, 0.1) is 13.8 Å². The first-order valence-electron chi connectivity index (χ1n) is 7.56. The maximum atomic E-state index is 3.61. The van der Waals surface area contributed by atoms with Crippen LogP contribution in [0.1, 0.15) is 11.1 Å². The molecule has 0 amide bonds. The first-order chi connectivity index (χ1) is 10.7. The quantitative estimate of drug-likeness (QED) is 0.522. The van der Waals surface area contributed by atoms with Crippen molar-refractivity contribution in [2.24, 2.45) is 0 Å². The van der Waals surface area contributed by atoms with Crippen molar-refractivity contribution in [3.05, 3.63) is 77.9 Å². The lowest BCUT2D eigenvalue weighted by Gasteiger charge is -2.30. The average molecular weight is 303 g/mol. The first-order valence-corrected chi connectivity index (χ1v) is 8.90. The highest BCUT2D eigenvalue weighted by Gasteiger charge is 2.26. The van der Waals surface area contributed by atoms with Crippen LogP contribution in [0.2, 0.25) is 0 Å².